The highest BCUT2D eigenvalue weighted by Crippen LogP contribution is 2.12. The smallest absolute Gasteiger partial charge is 0.237 e. The summed E-state index contributed by atoms with van der Waals surface area (Å²) in [5, 5.41) is 15.5. The summed E-state index contributed by atoms with van der Waals surface area (Å²) in [6.45, 7) is 7.64. The van der Waals surface area contributed by atoms with E-state index in [1.54, 1.807) is 6.20 Å². The number of amides is 3. The third-order valence-corrected chi connectivity index (χ3v) is 4.12. The molecule has 1 aromatic heterocycles. The number of hydrogen-bond acceptors (Lipinski definition) is 6. The first kappa shape index (κ1) is 23.8. The SMILES string of the molecule is CC(C)CC(=O)NC(=O)C[C@H](O)[C@H](CC(C)C)NC(=O)[C@@H](N)Cc1cnc[nH]1. The summed E-state index contributed by atoms with van der Waals surface area (Å²) < 4.78 is 0. The largest absolute Gasteiger partial charge is 0.390 e. The number of imidazole rings is 1. The number of aliphatic hydroxyl groups is 1. The maximum atomic E-state index is 12.4. The Morgan fingerprint density at radius 3 is 2.32 bits per heavy atom. The highest BCUT2D eigenvalue weighted by atomic mass is 16.3. The quantitative estimate of drug-likeness (QED) is 0.362. The van der Waals surface area contributed by atoms with Crippen molar-refractivity contribution < 1.29 is 19.5 Å². The molecule has 9 heteroatoms. The minimum Gasteiger partial charge on any atom is -0.390 e. The van der Waals surface area contributed by atoms with Gasteiger partial charge in [-0.3, -0.25) is 19.7 Å². The predicted octanol–water partition coefficient (Wildman–Crippen LogP) is 0.250. The minimum absolute atomic E-state index is 0.127. The molecule has 0 spiro atoms. The van der Waals surface area contributed by atoms with Crippen molar-refractivity contribution in [2.24, 2.45) is 17.6 Å². The molecule has 1 aromatic rings. The van der Waals surface area contributed by atoms with Gasteiger partial charge in [-0.05, 0) is 18.3 Å². The Hall–Kier alpha value is -2.26. The molecule has 9 nitrogen and oxygen atoms in total. The number of aromatic amines is 1. The Labute approximate surface area is 165 Å². The average Bonchev–Trinajstić information content (AvgIpc) is 3.05. The number of nitrogens with zero attached hydrogens (tertiary/aromatic N) is 1. The summed E-state index contributed by atoms with van der Waals surface area (Å²) in [6, 6.07) is -1.46. The van der Waals surface area contributed by atoms with Crippen LogP contribution in [0.25, 0.3) is 0 Å². The fourth-order valence-electron chi connectivity index (χ4n) is 2.80. The van der Waals surface area contributed by atoms with Crippen LogP contribution in [-0.4, -0.2) is 51.0 Å². The van der Waals surface area contributed by atoms with Gasteiger partial charge in [-0.2, -0.15) is 0 Å². The lowest BCUT2D eigenvalue weighted by atomic mass is 9.96. The topological polar surface area (TPSA) is 150 Å². The van der Waals surface area contributed by atoms with Gasteiger partial charge in [0.1, 0.15) is 0 Å². The van der Waals surface area contributed by atoms with Gasteiger partial charge in [-0.15, -0.1) is 0 Å². The van der Waals surface area contributed by atoms with Gasteiger partial charge in [0.15, 0.2) is 0 Å². The molecule has 0 bridgehead atoms. The first-order chi connectivity index (χ1) is 13.1. The van der Waals surface area contributed by atoms with E-state index in [9.17, 15) is 19.5 Å². The summed E-state index contributed by atoms with van der Waals surface area (Å²) in [4.78, 5) is 42.9. The number of aliphatic hydroxyl groups excluding tert-OH is 1. The van der Waals surface area contributed by atoms with Gasteiger partial charge in [0.2, 0.25) is 17.7 Å². The number of imide groups is 1. The van der Waals surface area contributed by atoms with Gasteiger partial charge in [0.05, 0.1) is 30.9 Å². The van der Waals surface area contributed by atoms with Crippen molar-refractivity contribution in [3.8, 4) is 0 Å². The number of rotatable bonds is 11. The highest BCUT2D eigenvalue weighted by Gasteiger charge is 2.27. The van der Waals surface area contributed by atoms with Crippen LogP contribution in [0.1, 0.15) is 52.7 Å². The summed E-state index contributed by atoms with van der Waals surface area (Å²) in [5.74, 6) is -1.06. The van der Waals surface area contributed by atoms with Crippen molar-refractivity contribution >= 4 is 17.7 Å². The van der Waals surface area contributed by atoms with Crippen LogP contribution < -0.4 is 16.4 Å². The van der Waals surface area contributed by atoms with E-state index in [-0.39, 0.29) is 37.0 Å². The summed E-state index contributed by atoms with van der Waals surface area (Å²) >= 11 is 0. The number of aromatic nitrogens is 2. The van der Waals surface area contributed by atoms with Crippen LogP contribution in [-0.2, 0) is 20.8 Å². The van der Waals surface area contributed by atoms with Gasteiger partial charge in [0, 0.05) is 24.7 Å². The second-order valence-electron chi connectivity index (χ2n) is 7.97. The maximum Gasteiger partial charge on any atom is 0.237 e. The number of hydrogen-bond donors (Lipinski definition) is 5. The van der Waals surface area contributed by atoms with Crippen LogP contribution in [0, 0.1) is 11.8 Å². The molecule has 0 radical (unpaired) electrons. The lowest BCUT2D eigenvalue weighted by Gasteiger charge is -2.26. The van der Waals surface area contributed by atoms with Crippen molar-refractivity contribution in [3.63, 3.8) is 0 Å². The molecule has 1 heterocycles. The minimum atomic E-state index is -1.13. The van der Waals surface area contributed by atoms with Gasteiger partial charge < -0.3 is 21.1 Å². The first-order valence-corrected chi connectivity index (χ1v) is 9.62. The molecule has 0 fully saturated rings. The Bertz CT molecular complexity index is 630. The van der Waals surface area contributed by atoms with E-state index in [4.69, 9.17) is 5.73 Å². The number of carbonyl (C=O) groups is 3. The van der Waals surface area contributed by atoms with E-state index < -0.39 is 30.0 Å². The molecule has 0 aliphatic carbocycles. The van der Waals surface area contributed by atoms with Gasteiger partial charge in [-0.1, -0.05) is 27.7 Å². The van der Waals surface area contributed by atoms with E-state index in [0.29, 0.717) is 6.42 Å². The predicted molar refractivity (Wildman–Crippen MR) is 105 cm³/mol. The van der Waals surface area contributed by atoms with Crippen LogP contribution in [0.15, 0.2) is 12.5 Å². The summed E-state index contributed by atoms with van der Waals surface area (Å²) in [7, 11) is 0. The molecule has 0 aromatic carbocycles. The maximum absolute atomic E-state index is 12.4. The van der Waals surface area contributed by atoms with Gasteiger partial charge in [0.25, 0.3) is 0 Å². The average molecular weight is 396 g/mol. The van der Waals surface area contributed by atoms with Crippen LogP contribution in [0.4, 0.5) is 0 Å². The van der Waals surface area contributed by atoms with E-state index in [0.717, 1.165) is 5.69 Å². The molecule has 6 N–H and O–H groups in total. The highest BCUT2D eigenvalue weighted by molar-refractivity contribution is 5.95. The van der Waals surface area contributed by atoms with Crippen molar-refractivity contribution in [2.45, 2.75) is 71.6 Å². The number of carbonyl (C=O) groups excluding carboxylic acids is 3. The number of nitrogens with two attached hydrogens (primary N) is 1. The van der Waals surface area contributed by atoms with E-state index >= 15 is 0 Å². The zero-order valence-corrected chi connectivity index (χ0v) is 17.1. The van der Waals surface area contributed by atoms with Crippen LogP contribution in [0.2, 0.25) is 0 Å². The Morgan fingerprint density at radius 2 is 1.79 bits per heavy atom. The fraction of sp³-hybridized carbons (Fsp3) is 0.684. The molecule has 3 atom stereocenters. The second kappa shape index (κ2) is 11.6. The van der Waals surface area contributed by atoms with Crippen LogP contribution >= 0.6 is 0 Å². The van der Waals surface area contributed by atoms with Crippen molar-refractivity contribution in [3.05, 3.63) is 18.2 Å². The molecular weight excluding hydrogens is 362 g/mol. The zero-order valence-electron chi connectivity index (χ0n) is 17.1. The molecule has 0 aliphatic rings. The lowest BCUT2D eigenvalue weighted by Crippen LogP contribution is -2.52. The van der Waals surface area contributed by atoms with E-state index in [2.05, 4.69) is 20.6 Å². The summed E-state index contributed by atoms with van der Waals surface area (Å²) in [6.07, 6.45) is 2.67. The molecule has 0 unspecified atom stereocenters. The van der Waals surface area contributed by atoms with Crippen molar-refractivity contribution in [1.29, 1.82) is 0 Å². The Kier molecular flexibility index (Phi) is 9.81. The molecule has 1 rings (SSSR count). The van der Waals surface area contributed by atoms with Crippen molar-refractivity contribution in [1.82, 2.24) is 20.6 Å². The normalized spacial score (nSPS) is 14.6. The summed E-state index contributed by atoms with van der Waals surface area (Å²) in [5.41, 5.74) is 6.66. The molecule has 0 saturated heterocycles. The zero-order chi connectivity index (χ0) is 21.3. The van der Waals surface area contributed by atoms with Crippen molar-refractivity contribution in [2.75, 3.05) is 0 Å². The number of H-pyrrole nitrogens is 1. The standard InChI is InChI=1S/C19H33N5O4/c1-11(2)5-15(16(25)8-18(27)24-17(26)6-12(3)4)23-19(28)14(20)7-13-9-21-10-22-13/h9-12,14-16,25H,5-8,20H2,1-4H3,(H,21,22)(H,23,28)(H,24,26,27)/t14-,15-,16-/m0/s1. The molecule has 0 saturated carbocycles. The van der Waals surface area contributed by atoms with Gasteiger partial charge in [-0.25, -0.2) is 4.98 Å². The molecule has 28 heavy (non-hydrogen) atoms. The Morgan fingerprint density at radius 1 is 1.14 bits per heavy atom. The fourth-order valence-corrected chi connectivity index (χ4v) is 2.80. The lowest BCUT2D eigenvalue weighted by molar-refractivity contribution is -0.133. The van der Waals surface area contributed by atoms with Gasteiger partial charge >= 0.3 is 0 Å². The molecular formula is C19H33N5O4. The van der Waals surface area contributed by atoms with E-state index in [1.807, 2.05) is 27.7 Å². The Balaban J connectivity index is 2.63. The van der Waals surface area contributed by atoms with Crippen LogP contribution in [0.5, 0.6) is 0 Å². The molecule has 158 valence electrons. The first-order valence-electron chi connectivity index (χ1n) is 9.62. The molecule has 3 amide bonds. The third kappa shape index (κ3) is 9.09. The van der Waals surface area contributed by atoms with Crippen LogP contribution in [0.3, 0.4) is 0 Å². The monoisotopic (exact) mass is 395 g/mol. The third-order valence-electron chi connectivity index (χ3n) is 4.12. The molecule has 0 aliphatic heterocycles. The number of nitrogens with one attached hydrogen (secondary N) is 3. The second-order valence-corrected chi connectivity index (χ2v) is 7.97. The van der Waals surface area contributed by atoms with E-state index in [1.165, 1.54) is 6.33 Å².